The van der Waals surface area contributed by atoms with Gasteiger partial charge in [0.05, 0.1) is 6.10 Å². The molecule has 0 aromatic heterocycles. The quantitative estimate of drug-likeness (QED) is 0.641. The number of amides is 1. The van der Waals surface area contributed by atoms with Crippen molar-refractivity contribution in [1.29, 1.82) is 0 Å². The van der Waals surface area contributed by atoms with E-state index in [0.717, 1.165) is 49.7 Å². The fourth-order valence-corrected chi connectivity index (χ4v) is 2.95. The van der Waals surface area contributed by atoms with E-state index in [9.17, 15) is 4.79 Å². The summed E-state index contributed by atoms with van der Waals surface area (Å²) in [6, 6.07) is 7.84. The number of ether oxygens (including phenoxy) is 1. The largest absolute Gasteiger partial charge is 0.378 e. The lowest BCUT2D eigenvalue weighted by atomic mass is 10.1. The van der Waals surface area contributed by atoms with Gasteiger partial charge in [-0.3, -0.25) is 9.79 Å². The Morgan fingerprint density at radius 3 is 2.75 bits per heavy atom. The van der Waals surface area contributed by atoms with E-state index in [1.54, 1.807) is 0 Å². The van der Waals surface area contributed by atoms with Crippen molar-refractivity contribution in [2.75, 3.05) is 32.1 Å². The number of carbonyl (C=O) groups excluding carboxylic acids is 1. The van der Waals surface area contributed by atoms with Crippen molar-refractivity contribution in [3.63, 3.8) is 0 Å². The summed E-state index contributed by atoms with van der Waals surface area (Å²) < 4.78 is 5.70. The molecule has 132 valence electrons. The summed E-state index contributed by atoms with van der Waals surface area (Å²) in [5.41, 5.74) is 1.92. The monoisotopic (exact) mass is 332 g/mol. The summed E-state index contributed by atoms with van der Waals surface area (Å²) in [7, 11) is 1.81. The van der Waals surface area contributed by atoms with Crippen LogP contribution in [0.2, 0.25) is 0 Å². The fourth-order valence-electron chi connectivity index (χ4n) is 2.95. The lowest BCUT2D eigenvalue weighted by Gasteiger charge is -2.34. The number of guanidine groups is 1. The smallest absolute Gasteiger partial charge is 0.221 e. The zero-order valence-corrected chi connectivity index (χ0v) is 14.8. The summed E-state index contributed by atoms with van der Waals surface area (Å²) in [6.07, 6.45) is 2.44. The second-order valence-electron chi connectivity index (χ2n) is 5.92. The van der Waals surface area contributed by atoms with E-state index in [0.29, 0.717) is 12.6 Å². The first-order chi connectivity index (χ1) is 11.6. The van der Waals surface area contributed by atoms with Gasteiger partial charge < -0.3 is 20.3 Å². The Morgan fingerprint density at radius 2 is 2.12 bits per heavy atom. The van der Waals surface area contributed by atoms with E-state index in [4.69, 9.17) is 4.74 Å². The van der Waals surface area contributed by atoms with Crippen LogP contribution in [0.15, 0.2) is 29.3 Å². The Labute approximate surface area is 144 Å². The van der Waals surface area contributed by atoms with Crippen LogP contribution in [-0.4, -0.2) is 49.6 Å². The summed E-state index contributed by atoms with van der Waals surface area (Å²) in [4.78, 5) is 17.8. The first kappa shape index (κ1) is 18.3. The van der Waals surface area contributed by atoms with Crippen molar-refractivity contribution in [3.05, 3.63) is 29.8 Å². The molecule has 0 spiro atoms. The van der Waals surface area contributed by atoms with Gasteiger partial charge in [0.15, 0.2) is 5.96 Å². The van der Waals surface area contributed by atoms with Gasteiger partial charge in [-0.1, -0.05) is 12.1 Å². The Kier molecular flexibility index (Phi) is 7.06. The Hall–Kier alpha value is -2.08. The zero-order valence-electron chi connectivity index (χ0n) is 14.8. The lowest BCUT2D eigenvalue weighted by molar-refractivity contribution is -0.114. The number of anilines is 1. The molecule has 1 aliphatic heterocycles. The highest BCUT2D eigenvalue weighted by Crippen LogP contribution is 2.14. The van der Waals surface area contributed by atoms with Gasteiger partial charge in [-0.2, -0.15) is 0 Å². The number of hydrogen-bond acceptors (Lipinski definition) is 3. The van der Waals surface area contributed by atoms with Crippen molar-refractivity contribution < 1.29 is 9.53 Å². The molecular weight excluding hydrogens is 304 g/mol. The molecule has 2 N–H and O–H groups in total. The Balaban J connectivity index is 1.87. The Morgan fingerprint density at radius 1 is 1.38 bits per heavy atom. The fraction of sp³-hybridized carbons (Fsp3) is 0.556. The third-order valence-electron chi connectivity index (χ3n) is 4.05. The molecule has 6 heteroatoms. The third kappa shape index (κ3) is 5.53. The molecule has 0 bridgehead atoms. The second-order valence-corrected chi connectivity index (χ2v) is 5.92. The highest BCUT2D eigenvalue weighted by molar-refractivity contribution is 5.88. The lowest BCUT2D eigenvalue weighted by Crippen LogP contribution is -2.46. The molecule has 0 aliphatic carbocycles. The topological polar surface area (TPSA) is 66.0 Å². The van der Waals surface area contributed by atoms with Gasteiger partial charge in [0, 0.05) is 45.9 Å². The predicted molar refractivity (Wildman–Crippen MR) is 97.2 cm³/mol. The van der Waals surface area contributed by atoms with Crippen LogP contribution in [0, 0.1) is 0 Å². The van der Waals surface area contributed by atoms with Crippen molar-refractivity contribution >= 4 is 17.6 Å². The predicted octanol–water partition coefficient (Wildman–Crippen LogP) is 2.22. The maximum Gasteiger partial charge on any atom is 0.221 e. The molecule has 1 saturated heterocycles. The normalized spacial score (nSPS) is 16.1. The van der Waals surface area contributed by atoms with E-state index in [1.807, 2.05) is 38.2 Å². The van der Waals surface area contributed by atoms with Crippen LogP contribution in [0.3, 0.4) is 0 Å². The number of hydrogen-bond donors (Lipinski definition) is 2. The minimum absolute atomic E-state index is 0.0620. The highest BCUT2D eigenvalue weighted by atomic mass is 16.5. The van der Waals surface area contributed by atoms with Crippen LogP contribution < -0.4 is 10.6 Å². The average Bonchev–Trinajstić information content (AvgIpc) is 2.57. The van der Waals surface area contributed by atoms with E-state index in [-0.39, 0.29) is 5.91 Å². The number of rotatable bonds is 5. The van der Waals surface area contributed by atoms with Crippen molar-refractivity contribution in [2.24, 2.45) is 4.99 Å². The molecule has 1 fully saturated rings. The molecule has 0 unspecified atom stereocenters. The van der Waals surface area contributed by atoms with E-state index >= 15 is 0 Å². The maximum absolute atomic E-state index is 11.2. The molecule has 6 nitrogen and oxygen atoms in total. The summed E-state index contributed by atoms with van der Waals surface area (Å²) in [5.74, 6) is 0.850. The van der Waals surface area contributed by atoms with Gasteiger partial charge in [-0.15, -0.1) is 0 Å². The maximum atomic E-state index is 11.2. The molecule has 1 aliphatic rings. The minimum Gasteiger partial charge on any atom is -0.378 e. The van der Waals surface area contributed by atoms with Crippen LogP contribution in [0.25, 0.3) is 0 Å². The van der Waals surface area contributed by atoms with Crippen LogP contribution in [0.1, 0.15) is 32.3 Å². The van der Waals surface area contributed by atoms with Crippen molar-refractivity contribution in [1.82, 2.24) is 10.2 Å². The molecule has 0 saturated carbocycles. The molecule has 24 heavy (non-hydrogen) atoms. The molecule has 0 radical (unpaired) electrons. The molecule has 1 heterocycles. The van der Waals surface area contributed by atoms with Crippen LogP contribution >= 0.6 is 0 Å². The van der Waals surface area contributed by atoms with Gasteiger partial charge in [-0.05, 0) is 37.5 Å². The number of piperidine rings is 1. The van der Waals surface area contributed by atoms with Gasteiger partial charge in [-0.25, -0.2) is 0 Å². The number of aliphatic imine (C=N–C) groups is 1. The number of nitrogens with zero attached hydrogens (tertiary/aromatic N) is 2. The summed E-state index contributed by atoms with van der Waals surface area (Å²) in [6.45, 7) is 6.92. The van der Waals surface area contributed by atoms with Crippen molar-refractivity contribution in [2.45, 2.75) is 39.3 Å². The molecule has 2 rings (SSSR count). The molecule has 0 atom stereocenters. The molecule has 1 amide bonds. The third-order valence-corrected chi connectivity index (χ3v) is 4.05. The van der Waals surface area contributed by atoms with E-state index in [2.05, 4.69) is 20.5 Å². The number of carbonyl (C=O) groups is 1. The summed E-state index contributed by atoms with van der Waals surface area (Å²) in [5, 5.41) is 6.21. The standard InChI is InChI=1S/C18H28N4O2/c1-4-24-17-8-10-22(11-9-17)18(19-3)20-13-15-6-5-7-16(12-15)21-14(2)23/h5-7,12,17H,4,8-11,13H2,1-3H3,(H,19,20)(H,21,23). The number of benzene rings is 1. The van der Waals surface area contributed by atoms with Gasteiger partial charge in [0.1, 0.15) is 0 Å². The van der Waals surface area contributed by atoms with Crippen LogP contribution in [0.5, 0.6) is 0 Å². The molecule has 1 aromatic rings. The van der Waals surface area contributed by atoms with Crippen molar-refractivity contribution in [3.8, 4) is 0 Å². The van der Waals surface area contributed by atoms with Gasteiger partial charge in [0.25, 0.3) is 0 Å². The first-order valence-corrected chi connectivity index (χ1v) is 8.56. The SMILES string of the molecule is CCOC1CCN(C(=NC)NCc2cccc(NC(C)=O)c2)CC1. The molecular formula is C18H28N4O2. The van der Waals surface area contributed by atoms with Crippen LogP contribution in [0.4, 0.5) is 5.69 Å². The van der Waals surface area contributed by atoms with E-state index < -0.39 is 0 Å². The van der Waals surface area contributed by atoms with Gasteiger partial charge in [0.2, 0.25) is 5.91 Å². The first-order valence-electron chi connectivity index (χ1n) is 8.56. The van der Waals surface area contributed by atoms with E-state index in [1.165, 1.54) is 6.92 Å². The Bertz CT molecular complexity index is 566. The summed E-state index contributed by atoms with van der Waals surface area (Å²) >= 11 is 0. The van der Waals surface area contributed by atoms with Gasteiger partial charge >= 0.3 is 0 Å². The van der Waals surface area contributed by atoms with Crippen LogP contribution in [-0.2, 0) is 16.1 Å². The number of nitrogens with one attached hydrogen (secondary N) is 2. The second kappa shape index (κ2) is 9.27. The minimum atomic E-state index is -0.0620. The number of likely N-dealkylation sites (tertiary alicyclic amines) is 1. The molecule has 1 aromatic carbocycles. The average molecular weight is 332 g/mol. The highest BCUT2D eigenvalue weighted by Gasteiger charge is 2.21. The zero-order chi connectivity index (χ0) is 17.4.